The van der Waals surface area contributed by atoms with E-state index in [0.717, 1.165) is 56.9 Å². The van der Waals surface area contributed by atoms with Crippen LogP contribution < -0.4 is 10.5 Å². The van der Waals surface area contributed by atoms with Gasteiger partial charge in [0.25, 0.3) is 0 Å². The minimum Gasteiger partial charge on any atom is -0.497 e. The molecule has 0 aliphatic carbocycles. The van der Waals surface area contributed by atoms with Gasteiger partial charge in [-0.25, -0.2) is 0 Å². The molecule has 0 spiro atoms. The predicted octanol–water partition coefficient (Wildman–Crippen LogP) is 6.07. The molecule has 46 heavy (non-hydrogen) atoms. The molecule has 230 valence electrons. The number of hydrogen-bond donors (Lipinski definition) is 3. The lowest BCUT2D eigenvalue weighted by Crippen LogP contribution is -2.30. The second kappa shape index (κ2) is 12.7. The van der Waals surface area contributed by atoms with E-state index in [0.29, 0.717) is 19.4 Å². The molecule has 0 radical (unpaired) electrons. The van der Waals surface area contributed by atoms with Crippen LogP contribution in [0, 0.1) is 0 Å². The number of aromatic nitrogens is 6. The minimum atomic E-state index is -0.656. The van der Waals surface area contributed by atoms with Crippen LogP contribution in [0.3, 0.4) is 0 Å². The number of methoxy groups -OCH3 is 1. The van der Waals surface area contributed by atoms with Crippen molar-refractivity contribution < 1.29 is 9.53 Å². The van der Waals surface area contributed by atoms with Crippen molar-refractivity contribution in [2.24, 2.45) is 5.73 Å². The van der Waals surface area contributed by atoms with Crippen LogP contribution >= 0.6 is 0 Å². The number of primary amides is 1. The van der Waals surface area contributed by atoms with Crippen LogP contribution in [0.15, 0.2) is 110 Å². The molecule has 0 saturated carbocycles. The SMILES string of the molecule is COc1ccc(Cn2c(CCc3c[nH]c4ccccc34)nnc2[C@H](Cc2c[nH]c3ccccc23)C(C(N)=O)c2ccncc2)cc1. The van der Waals surface area contributed by atoms with Crippen molar-refractivity contribution in [3.05, 3.63) is 144 Å². The number of carbonyl (C=O) groups excluding carboxylic acids is 1. The van der Waals surface area contributed by atoms with Crippen LogP contribution in [0.5, 0.6) is 5.75 Å². The minimum absolute atomic E-state index is 0.397. The van der Waals surface area contributed by atoms with Crippen molar-refractivity contribution in [2.45, 2.75) is 37.6 Å². The number of carbonyl (C=O) groups is 1. The normalized spacial score (nSPS) is 12.8. The summed E-state index contributed by atoms with van der Waals surface area (Å²) in [5, 5.41) is 11.9. The van der Waals surface area contributed by atoms with Crippen molar-refractivity contribution in [3.8, 4) is 5.75 Å². The van der Waals surface area contributed by atoms with Crippen LogP contribution in [0.1, 0.15) is 45.7 Å². The molecule has 9 heteroatoms. The first-order chi connectivity index (χ1) is 22.6. The van der Waals surface area contributed by atoms with Gasteiger partial charge < -0.3 is 25.0 Å². The zero-order valence-electron chi connectivity index (χ0n) is 25.6. The number of benzene rings is 3. The summed E-state index contributed by atoms with van der Waals surface area (Å²) < 4.78 is 7.59. The number of hydrogen-bond acceptors (Lipinski definition) is 5. The number of nitrogens with one attached hydrogen (secondary N) is 2. The summed E-state index contributed by atoms with van der Waals surface area (Å²) >= 11 is 0. The van der Waals surface area contributed by atoms with Crippen LogP contribution in [-0.2, 0) is 30.6 Å². The molecular weight excluding hydrogens is 574 g/mol. The second-order valence-corrected chi connectivity index (χ2v) is 11.6. The third kappa shape index (κ3) is 5.75. The average molecular weight is 610 g/mol. The first kappa shape index (κ1) is 29.0. The maximum Gasteiger partial charge on any atom is 0.225 e. The summed E-state index contributed by atoms with van der Waals surface area (Å²) in [5.74, 6) is 0.878. The Bertz CT molecular complexity index is 2090. The van der Waals surface area contributed by atoms with Gasteiger partial charge in [0.05, 0.1) is 19.6 Å². The number of pyridine rings is 1. The molecule has 1 amide bonds. The van der Waals surface area contributed by atoms with Gasteiger partial charge in [-0.2, -0.15) is 0 Å². The largest absolute Gasteiger partial charge is 0.497 e. The highest BCUT2D eigenvalue weighted by atomic mass is 16.5. The first-order valence-corrected chi connectivity index (χ1v) is 15.4. The number of H-pyrrole nitrogens is 2. The Morgan fingerprint density at radius 3 is 2.15 bits per heavy atom. The Hall–Kier alpha value is -5.70. The lowest BCUT2D eigenvalue weighted by Gasteiger charge is -2.26. The fourth-order valence-corrected chi connectivity index (χ4v) is 6.54. The molecule has 3 aromatic carbocycles. The number of rotatable bonds is 12. The van der Waals surface area contributed by atoms with Crippen molar-refractivity contribution >= 4 is 27.7 Å². The van der Waals surface area contributed by atoms with Gasteiger partial charge >= 0.3 is 0 Å². The molecule has 1 unspecified atom stereocenters. The van der Waals surface area contributed by atoms with Gasteiger partial charge in [0.1, 0.15) is 17.4 Å². The molecule has 9 nitrogen and oxygen atoms in total. The van der Waals surface area contributed by atoms with E-state index in [-0.39, 0.29) is 0 Å². The van der Waals surface area contributed by atoms with Gasteiger partial charge in [-0.1, -0.05) is 48.5 Å². The molecule has 0 bridgehead atoms. The molecule has 2 atom stereocenters. The number of ether oxygens (including phenoxy) is 1. The van der Waals surface area contributed by atoms with Gasteiger partial charge in [-0.3, -0.25) is 9.78 Å². The fourth-order valence-electron chi connectivity index (χ4n) is 6.54. The van der Waals surface area contributed by atoms with E-state index >= 15 is 0 Å². The van der Waals surface area contributed by atoms with Gasteiger partial charge in [-0.15, -0.1) is 10.2 Å². The second-order valence-electron chi connectivity index (χ2n) is 11.6. The molecule has 4 N–H and O–H groups in total. The van der Waals surface area contributed by atoms with Crippen LogP contribution in [0.2, 0.25) is 0 Å². The Kier molecular flexibility index (Phi) is 8.03. The zero-order valence-corrected chi connectivity index (χ0v) is 25.6. The van der Waals surface area contributed by atoms with Crippen LogP contribution in [-0.4, -0.2) is 42.7 Å². The molecule has 4 heterocycles. The number of para-hydroxylation sites is 2. The van der Waals surface area contributed by atoms with Gasteiger partial charge in [0.15, 0.2) is 0 Å². The maximum absolute atomic E-state index is 13.4. The average Bonchev–Trinajstić information content (AvgIpc) is 3.81. The summed E-state index contributed by atoms with van der Waals surface area (Å²) in [7, 11) is 1.66. The summed E-state index contributed by atoms with van der Waals surface area (Å²) in [4.78, 5) is 24.3. The Labute approximate surface area is 266 Å². The number of aromatic amines is 2. The number of nitrogens with two attached hydrogens (primary N) is 1. The van der Waals surface area contributed by atoms with Gasteiger partial charge in [0, 0.05) is 58.9 Å². The first-order valence-electron chi connectivity index (χ1n) is 15.4. The van der Waals surface area contributed by atoms with E-state index < -0.39 is 17.7 Å². The third-order valence-corrected chi connectivity index (χ3v) is 8.87. The van der Waals surface area contributed by atoms with E-state index in [1.807, 2.05) is 48.7 Å². The Morgan fingerprint density at radius 2 is 1.48 bits per heavy atom. The quantitative estimate of drug-likeness (QED) is 0.155. The van der Waals surface area contributed by atoms with E-state index in [1.54, 1.807) is 19.5 Å². The van der Waals surface area contributed by atoms with E-state index in [9.17, 15) is 4.79 Å². The van der Waals surface area contributed by atoms with E-state index in [2.05, 4.69) is 68.2 Å². The number of fused-ring (bicyclic) bond motifs is 2. The molecule has 0 fully saturated rings. The highest BCUT2D eigenvalue weighted by Crippen LogP contribution is 2.37. The van der Waals surface area contributed by atoms with Gasteiger partial charge in [0.2, 0.25) is 5.91 Å². The highest BCUT2D eigenvalue weighted by Gasteiger charge is 2.35. The monoisotopic (exact) mass is 609 g/mol. The molecule has 0 saturated heterocycles. The zero-order chi connectivity index (χ0) is 31.5. The molecule has 0 aliphatic heterocycles. The topological polar surface area (TPSA) is 128 Å². The van der Waals surface area contributed by atoms with Gasteiger partial charge in [-0.05, 0) is 71.5 Å². The van der Waals surface area contributed by atoms with E-state index in [1.165, 1.54) is 10.9 Å². The third-order valence-electron chi connectivity index (χ3n) is 8.87. The highest BCUT2D eigenvalue weighted by molar-refractivity contribution is 5.85. The summed E-state index contributed by atoms with van der Waals surface area (Å²) in [5.41, 5.74) is 12.5. The summed E-state index contributed by atoms with van der Waals surface area (Å²) in [6.07, 6.45) is 9.46. The Morgan fingerprint density at radius 1 is 0.826 bits per heavy atom. The van der Waals surface area contributed by atoms with E-state index in [4.69, 9.17) is 20.7 Å². The fraction of sp³-hybridized carbons (Fsp3) is 0.189. The lowest BCUT2D eigenvalue weighted by atomic mass is 9.81. The van der Waals surface area contributed by atoms with Crippen molar-refractivity contribution in [2.75, 3.05) is 7.11 Å². The Balaban J connectivity index is 1.33. The summed E-state index contributed by atoms with van der Waals surface area (Å²) in [6, 6.07) is 28.2. The molecule has 4 aromatic heterocycles. The number of amides is 1. The molecule has 7 rings (SSSR count). The summed E-state index contributed by atoms with van der Waals surface area (Å²) in [6.45, 7) is 0.530. The molecule has 7 aromatic rings. The smallest absolute Gasteiger partial charge is 0.225 e. The number of nitrogens with zero attached hydrogens (tertiary/aromatic N) is 4. The van der Waals surface area contributed by atoms with Crippen molar-refractivity contribution in [1.29, 1.82) is 0 Å². The number of aryl methyl sites for hydroxylation is 2. The van der Waals surface area contributed by atoms with Crippen LogP contribution in [0.4, 0.5) is 0 Å². The standard InChI is InChI=1S/C37H35N7O2/c1-46-28-13-10-24(11-14-28)23-44-34(15-12-26-21-40-32-8-4-2-6-29(26)32)42-43-37(44)31(35(36(38)45)25-16-18-39-19-17-25)20-27-22-41-33-9-5-3-7-30(27)33/h2-11,13-14,16-19,21-22,31,35,40-41H,12,15,20,23H2,1H3,(H2,38,45)/t31-,35?/m1/s1. The predicted molar refractivity (Wildman–Crippen MR) is 179 cm³/mol. The molecule has 0 aliphatic rings. The maximum atomic E-state index is 13.4. The molecular formula is C37H35N7O2. The lowest BCUT2D eigenvalue weighted by molar-refractivity contribution is -0.120. The van der Waals surface area contributed by atoms with Crippen molar-refractivity contribution in [1.82, 2.24) is 29.7 Å². The van der Waals surface area contributed by atoms with Crippen LogP contribution in [0.25, 0.3) is 21.8 Å². The van der Waals surface area contributed by atoms with Crippen molar-refractivity contribution in [3.63, 3.8) is 0 Å².